The van der Waals surface area contributed by atoms with Gasteiger partial charge in [0.1, 0.15) is 0 Å². The first-order valence-electron chi connectivity index (χ1n) is 7.94. The van der Waals surface area contributed by atoms with Crippen LogP contribution in [0.3, 0.4) is 0 Å². The molecule has 3 rings (SSSR count). The molecular weight excluding hydrogens is 280 g/mol. The molecule has 114 valence electrons. The smallest absolute Gasteiger partial charge is 0.223 e. The van der Waals surface area contributed by atoms with Gasteiger partial charge in [-0.15, -0.1) is 0 Å². The first kappa shape index (κ1) is 14.8. The lowest BCUT2D eigenvalue weighted by Gasteiger charge is -2.27. The van der Waals surface area contributed by atoms with E-state index in [2.05, 4.69) is 4.90 Å². The lowest BCUT2D eigenvalue weighted by molar-refractivity contribution is -0.133. The minimum Gasteiger partial charge on any atom is -0.398 e. The molecule has 21 heavy (non-hydrogen) atoms. The molecule has 1 saturated carbocycles. The molecule has 1 aromatic rings. The van der Waals surface area contributed by atoms with E-state index in [-0.39, 0.29) is 0 Å². The van der Waals surface area contributed by atoms with Gasteiger partial charge in [0, 0.05) is 24.7 Å². The predicted octanol–water partition coefficient (Wildman–Crippen LogP) is 3.29. The predicted molar refractivity (Wildman–Crippen MR) is 89.1 cm³/mol. The van der Waals surface area contributed by atoms with Crippen molar-refractivity contribution in [1.29, 1.82) is 0 Å². The standard InChI is InChI=1S/C17H24N2OS/c18-16-4-2-1-3-14(16)12-19(15-5-6-15)17(20)11-13-7-9-21-10-8-13/h1-4,13,15H,5-12,18H2. The van der Waals surface area contributed by atoms with E-state index in [1.165, 1.54) is 24.3 Å². The Morgan fingerprint density at radius 3 is 2.57 bits per heavy atom. The van der Waals surface area contributed by atoms with Crippen LogP contribution >= 0.6 is 11.8 Å². The first-order valence-corrected chi connectivity index (χ1v) is 9.10. The molecule has 0 radical (unpaired) electrons. The number of carbonyl (C=O) groups is 1. The summed E-state index contributed by atoms with van der Waals surface area (Å²) in [6.07, 6.45) is 5.42. The van der Waals surface area contributed by atoms with Crippen LogP contribution in [0, 0.1) is 5.92 Å². The molecule has 2 fully saturated rings. The number of rotatable bonds is 5. The molecule has 1 amide bonds. The largest absolute Gasteiger partial charge is 0.398 e. The van der Waals surface area contributed by atoms with Gasteiger partial charge in [-0.1, -0.05) is 18.2 Å². The van der Waals surface area contributed by atoms with E-state index in [0.717, 1.165) is 30.5 Å². The zero-order valence-corrected chi connectivity index (χ0v) is 13.3. The fourth-order valence-corrected chi connectivity index (χ4v) is 4.19. The third-order valence-electron chi connectivity index (χ3n) is 4.51. The third-order valence-corrected chi connectivity index (χ3v) is 5.56. The summed E-state index contributed by atoms with van der Waals surface area (Å²) in [6.45, 7) is 0.678. The van der Waals surface area contributed by atoms with Crippen LogP contribution in [0.4, 0.5) is 5.69 Å². The SMILES string of the molecule is Nc1ccccc1CN(C(=O)CC1CCSCC1)C1CC1. The fraction of sp³-hybridized carbons (Fsp3) is 0.588. The summed E-state index contributed by atoms with van der Waals surface area (Å²) < 4.78 is 0. The minimum absolute atomic E-state index is 0.331. The van der Waals surface area contributed by atoms with E-state index < -0.39 is 0 Å². The number of hydrogen-bond donors (Lipinski definition) is 1. The number of benzene rings is 1. The van der Waals surface area contributed by atoms with Crippen molar-refractivity contribution in [1.82, 2.24) is 4.90 Å². The van der Waals surface area contributed by atoms with E-state index >= 15 is 0 Å². The summed E-state index contributed by atoms with van der Waals surface area (Å²) in [7, 11) is 0. The molecule has 2 aliphatic rings. The summed E-state index contributed by atoms with van der Waals surface area (Å²) in [5, 5.41) is 0. The fourth-order valence-electron chi connectivity index (χ4n) is 2.98. The summed E-state index contributed by atoms with van der Waals surface area (Å²) >= 11 is 2.02. The van der Waals surface area contributed by atoms with Crippen LogP contribution in [-0.2, 0) is 11.3 Å². The Labute approximate surface area is 131 Å². The van der Waals surface area contributed by atoms with Gasteiger partial charge in [0.15, 0.2) is 0 Å². The highest BCUT2D eigenvalue weighted by atomic mass is 32.2. The Balaban J connectivity index is 1.63. The van der Waals surface area contributed by atoms with E-state index in [4.69, 9.17) is 5.73 Å². The topological polar surface area (TPSA) is 46.3 Å². The lowest BCUT2D eigenvalue weighted by atomic mass is 9.98. The van der Waals surface area contributed by atoms with E-state index in [1.54, 1.807) is 0 Å². The number of nitrogen functional groups attached to an aromatic ring is 1. The van der Waals surface area contributed by atoms with Crippen molar-refractivity contribution >= 4 is 23.4 Å². The molecule has 0 bridgehead atoms. The molecule has 1 aliphatic carbocycles. The Morgan fingerprint density at radius 2 is 1.90 bits per heavy atom. The lowest BCUT2D eigenvalue weighted by Crippen LogP contribution is -2.34. The highest BCUT2D eigenvalue weighted by Gasteiger charge is 2.33. The zero-order chi connectivity index (χ0) is 14.7. The third kappa shape index (κ3) is 3.94. The summed E-state index contributed by atoms with van der Waals surface area (Å²) in [4.78, 5) is 14.8. The second-order valence-electron chi connectivity index (χ2n) is 6.21. The van der Waals surface area contributed by atoms with Crippen molar-refractivity contribution in [2.24, 2.45) is 5.92 Å². The highest BCUT2D eigenvalue weighted by Crippen LogP contribution is 2.32. The van der Waals surface area contributed by atoms with Gasteiger partial charge in [0.2, 0.25) is 5.91 Å². The molecular formula is C17H24N2OS. The first-order chi connectivity index (χ1) is 10.2. The van der Waals surface area contributed by atoms with Gasteiger partial charge in [0.05, 0.1) is 0 Å². The van der Waals surface area contributed by atoms with E-state index in [1.807, 2.05) is 36.0 Å². The molecule has 1 aromatic carbocycles. The van der Waals surface area contributed by atoms with Gasteiger partial charge in [-0.25, -0.2) is 0 Å². The molecule has 0 aromatic heterocycles. The van der Waals surface area contributed by atoms with Crippen LogP contribution in [0.15, 0.2) is 24.3 Å². The van der Waals surface area contributed by atoms with Crippen LogP contribution in [0.1, 0.15) is 37.7 Å². The number of hydrogen-bond acceptors (Lipinski definition) is 3. The summed E-state index contributed by atoms with van der Waals surface area (Å²) in [6, 6.07) is 8.36. The van der Waals surface area contributed by atoms with Gasteiger partial charge < -0.3 is 10.6 Å². The normalized spacial score (nSPS) is 19.4. The van der Waals surface area contributed by atoms with Crippen LogP contribution in [0.25, 0.3) is 0 Å². The molecule has 0 spiro atoms. The van der Waals surface area contributed by atoms with Crippen molar-refractivity contribution < 1.29 is 4.79 Å². The van der Waals surface area contributed by atoms with Crippen molar-refractivity contribution in [2.45, 2.75) is 44.7 Å². The van der Waals surface area contributed by atoms with Gasteiger partial charge in [0.25, 0.3) is 0 Å². The van der Waals surface area contributed by atoms with Gasteiger partial charge in [-0.3, -0.25) is 4.79 Å². The van der Waals surface area contributed by atoms with Crippen LogP contribution in [-0.4, -0.2) is 28.4 Å². The van der Waals surface area contributed by atoms with E-state index in [0.29, 0.717) is 24.4 Å². The van der Waals surface area contributed by atoms with E-state index in [9.17, 15) is 4.79 Å². The summed E-state index contributed by atoms with van der Waals surface area (Å²) in [5.41, 5.74) is 7.91. The molecule has 1 saturated heterocycles. The van der Waals surface area contributed by atoms with Gasteiger partial charge in [-0.05, 0) is 54.7 Å². The maximum absolute atomic E-state index is 12.7. The Morgan fingerprint density at radius 1 is 1.19 bits per heavy atom. The van der Waals surface area contributed by atoms with Crippen molar-refractivity contribution in [2.75, 3.05) is 17.2 Å². The second-order valence-corrected chi connectivity index (χ2v) is 7.44. The molecule has 0 unspecified atom stereocenters. The maximum Gasteiger partial charge on any atom is 0.223 e. The van der Waals surface area contributed by atoms with Crippen molar-refractivity contribution in [3.63, 3.8) is 0 Å². The van der Waals surface area contributed by atoms with Gasteiger partial charge in [-0.2, -0.15) is 11.8 Å². The average Bonchev–Trinajstić information content (AvgIpc) is 3.32. The quantitative estimate of drug-likeness (QED) is 0.849. The number of para-hydroxylation sites is 1. The Bertz CT molecular complexity index is 495. The van der Waals surface area contributed by atoms with Gasteiger partial charge >= 0.3 is 0 Å². The summed E-state index contributed by atoms with van der Waals surface area (Å²) in [5.74, 6) is 3.35. The maximum atomic E-state index is 12.7. The van der Waals surface area contributed by atoms with Crippen molar-refractivity contribution in [3.8, 4) is 0 Å². The number of carbonyl (C=O) groups excluding carboxylic acids is 1. The minimum atomic E-state index is 0.331. The molecule has 0 atom stereocenters. The molecule has 2 N–H and O–H groups in total. The zero-order valence-electron chi connectivity index (χ0n) is 12.5. The molecule has 1 aliphatic heterocycles. The highest BCUT2D eigenvalue weighted by molar-refractivity contribution is 7.99. The Kier molecular flexibility index (Phi) is 4.73. The monoisotopic (exact) mass is 304 g/mol. The number of nitrogens with zero attached hydrogens (tertiary/aromatic N) is 1. The Hall–Kier alpha value is -1.16. The number of amides is 1. The number of anilines is 1. The number of nitrogens with two attached hydrogens (primary N) is 1. The molecule has 3 nitrogen and oxygen atoms in total. The second kappa shape index (κ2) is 6.73. The van der Waals surface area contributed by atoms with Crippen LogP contribution in [0.2, 0.25) is 0 Å². The number of thioether (sulfide) groups is 1. The molecule has 1 heterocycles. The van der Waals surface area contributed by atoms with Crippen LogP contribution in [0.5, 0.6) is 0 Å². The van der Waals surface area contributed by atoms with Crippen LogP contribution < -0.4 is 5.73 Å². The molecule has 4 heteroatoms. The van der Waals surface area contributed by atoms with Crippen molar-refractivity contribution in [3.05, 3.63) is 29.8 Å². The average molecular weight is 304 g/mol.